The monoisotopic (exact) mass is 481 g/mol. The van der Waals surface area contributed by atoms with Crippen molar-refractivity contribution < 1.29 is 22.7 Å². The highest BCUT2D eigenvalue weighted by Gasteiger charge is 2.18. The Morgan fingerprint density at radius 1 is 1.03 bits per heavy atom. The van der Waals surface area contributed by atoms with Gasteiger partial charge in [0.2, 0.25) is 15.9 Å². The molecule has 174 valence electrons. The Labute approximate surface area is 193 Å². The van der Waals surface area contributed by atoms with Gasteiger partial charge in [-0.05, 0) is 36.8 Å². The lowest BCUT2D eigenvalue weighted by atomic mass is 10.1. The molecule has 0 aliphatic carbocycles. The van der Waals surface area contributed by atoms with Crippen molar-refractivity contribution in [3.8, 4) is 5.75 Å². The Morgan fingerprint density at radius 3 is 2.31 bits per heavy atom. The zero-order valence-corrected chi connectivity index (χ0v) is 19.9. The van der Waals surface area contributed by atoms with Crippen LogP contribution in [-0.2, 0) is 14.8 Å². The molecule has 0 saturated carbocycles. The van der Waals surface area contributed by atoms with E-state index in [0.717, 1.165) is 25.7 Å². The highest BCUT2D eigenvalue weighted by atomic mass is 35.5. The first kappa shape index (κ1) is 25.6. The molecule has 0 saturated heterocycles. The van der Waals surface area contributed by atoms with Crippen molar-refractivity contribution in [2.45, 2.75) is 44.4 Å². The molecule has 0 unspecified atom stereocenters. The Kier molecular flexibility index (Phi) is 9.49. The predicted molar refractivity (Wildman–Crippen MR) is 126 cm³/mol. The van der Waals surface area contributed by atoms with E-state index in [2.05, 4.69) is 22.3 Å². The van der Waals surface area contributed by atoms with Crippen LogP contribution < -0.4 is 20.1 Å². The van der Waals surface area contributed by atoms with Crippen LogP contribution in [0, 0.1) is 0 Å². The number of anilines is 2. The lowest BCUT2D eigenvalue weighted by Gasteiger charge is -2.13. The van der Waals surface area contributed by atoms with Crippen LogP contribution in [0.15, 0.2) is 41.3 Å². The second-order valence-corrected chi connectivity index (χ2v) is 9.32. The first-order chi connectivity index (χ1) is 15.2. The summed E-state index contributed by atoms with van der Waals surface area (Å²) >= 11 is 6.17. The third kappa shape index (κ3) is 7.22. The van der Waals surface area contributed by atoms with Gasteiger partial charge in [-0.1, -0.05) is 37.8 Å². The van der Waals surface area contributed by atoms with Gasteiger partial charge in [-0.3, -0.25) is 9.59 Å². The number of rotatable bonds is 11. The molecule has 0 aliphatic rings. The average Bonchev–Trinajstić information content (AvgIpc) is 2.74. The van der Waals surface area contributed by atoms with Gasteiger partial charge < -0.3 is 15.4 Å². The van der Waals surface area contributed by atoms with Crippen molar-refractivity contribution in [2.75, 3.05) is 24.3 Å². The molecule has 0 heterocycles. The van der Waals surface area contributed by atoms with Crippen LogP contribution in [0.3, 0.4) is 0 Å². The van der Waals surface area contributed by atoms with Crippen LogP contribution in [-0.4, -0.2) is 33.9 Å². The molecule has 2 aromatic rings. The van der Waals surface area contributed by atoms with E-state index >= 15 is 0 Å². The molecule has 0 atom stereocenters. The zero-order valence-electron chi connectivity index (χ0n) is 18.3. The van der Waals surface area contributed by atoms with Crippen molar-refractivity contribution in [1.29, 1.82) is 0 Å². The Bertz CT molecular complexity index is 1060. The molecule has 8 nitrogen and oxygen atoms in total. The molecule has 10 heteroatoms. The van der Waals surface area contributed by atoms with Crippen LogP contribution in [0.4, 0.5) is 11.4 Å². The number of benzene rings is 2. The van der Waals surface area contributed by atoms with Crippen molar-refractivity contribution in [3.05, 3.63) is 47.0 Å². The SMILES string of the molecule is CCCCCCNS(=O)(=O)c1ccc(NC(=O)c2cc(Cl)c(NC(C)=O)cc2OC)cc1. The minimum Gasteiger partial charge on any atom is -0.496 e. The summed E-state index contributed by atoms with van der Waals surface area (Å²) < 4.78 is 32.6. The van der Waals surface area contributed by atoms with Crippen LogP contribution in [0.1, 0.15) is 49.9 Å². The topological polar surface area (TPSA) is 114 Å². The molecule has 0 aromatic heterocycles. The Hall–Kier alpha value is -2.62. The first-order valence-corrected chi connectivity index (χ1v) is 12.1. The molecule has 0 fully saturated rings. The summed E-state index contributed by atoms with van der Waals surface area (Å²) in [6, 6.07) is 8.71. The van der Waals surface area contributed by atoms with Gasteiger partial charge in [-0.25, -0.2) is 13.1 Å². The smallest absolute Gasteiger partial charge is 0.259 e. The van der Waals surface area contributed by atoms with Gasteiger partial charge in [0.15, 0.2) is 0 Å². The van der Waals surface area contributed by atoms with Gasteiger partial charge >= 0.3 is 0 Å². The van der Waals surface area contributed by atoms with E-state index in [0.29, 0.717) is 17.9 Å². The number of methoxy groups -OCH3 is 1. The van der Waals surface area contributed by atoms with Crippen molar-refractivity contribution >= 4 is 44.8 Å². The number of hydrogen-bond acceptors (Lipinski definition) is 5. The number of hydrogen-bond donors (Lipinski definition) is 3. The van der Waals surface area contributed by atoms with Crippen molar-refractivity contribution in [1.82, 2.24) is 4.72 Å². The number of halogens is 1. The molecular formula is C22H28ClN3O5S. The van der Waals surface area contributed by atoms with Crippen molar-refractivity contribution in [2.24, 2.45) is 0 Å². The summed E-state index contributed by atoms with van der Waals surface area (Å²) in [4.78, 5) is 24.1. The summed E-state index contributed by atoms with van der Waals surface area (Å²) in [6.07, 6.45) is 3.91. The Balaban J connectivity index is 2.09. The van der Waals surface area contributed by atoms with Crippen LogP contribution in [0.25, 0.3) is 0 Å². The van der Waals surface area contributed by atoms with E-state index in [1.807, 2.05) is 0 Å². The third-order valence-electron chi connectivity index (χ3n) is 4.59. The quantitative estimate of drug-likeness (QED) is 0.411. The maximum Gasteiger partial charge on any atom is 0.259 e. The average molecular weight is 482 g/mol. The fourth-order valence-electron chi connectivity index (χ4n) is 2.94. The van der Waals surface area contributed by atoms with Gasteiger partial charge in [0.25, 0.3) is 5.91 Å². The molecule has 0 aliphatic heterocycles. The molecule has 3 N–H and O–H groups in total. The standard InChI is InChI=1S/C22H28ClN3O5S/c1-4-5-6-7-12-24-32(29,30)17-10-8-16(9-11-17)26-22(28)18-13-19(23)20(25-15(2)27)14-21(18)31-3/h8-11,13-14,24H,4-7,12H2,1-3H3,(H,25,27)(H,26,28). The van der Waals surface area contributed by atoms with Crippen LogP contribution in [0.5, 0.6) is 5.75 Å². The number of nitrogens with one attached hydrogen (secondary N) is 3. The maximum atomic E-state index is 12.7. The van der Waals surface area contributed by atoms with Gasteiger partial charge in [-0.2, -0.15) is 0 Å². The van der Waals surface area contributed by atoms with Crippen LogP contribution >= 0.6 is 11.6 Å². The lowest BCUT2D eigenvalue weighted by molar-refractivity contribution is -0.114. The molecule has 2 amide bonds. The van der Waals surface area contributed by atoms with E-state index in [1.54, 1.807) is 0 Å². The van der Waals surface area contributed by atoms with E-state index in [1.165, 1.54) is 50.4 Å². The molecule has 32 heavy (non-hydrogen) atoms. The molecule has 0 spiro atoms. The Morgan fingerprint density at radius 2 is 1.72 bits per heavy atom. The predicted octanol–water partition coefficient (Wildman–Crippen LogP) is 4.42. The molecule has 0 radical (unpaired) electrons. The fourth-order valence-corrected chi connectivity index (χ4v) is 4.23. The van der Waals surface area contributed by atoms with Gasteiger partial charge in [0.05, 0.1) is 28.3 Å². The van der Waals surface area contributed by atoms with Gasteiger partial charge in [0.1, 0.15) is 5.75 Å². The molecular weight excluding hydrogens is 454 g/mol. The highest BCUT2D eigenvalue weighted by molar-refractivity contribution is 7.89. The fraction of sp³-hybridized carbons (Fsp3) is 0.364. The number of carbonyl (C=O) groups excluding carboxylic acids is 2. The van der Waals surface area contributed by atoms with Crippen LogP contribution in [0.2, 0.25) is 5.02 Å². The van der Waals surface area contributed by atoms with Gasteiger partial charge in [0, 0.05) is 25.2 Å². The molecule has 0 bridgehead atoms. The van der Waals surface area contributed by atoms with E-state index in [-0.39, 0.29) is 27.1 Å². The normalized spacial score (nSPS) is 11.1. The van der Waals surface area contributed by atoms with Gasteiger partial charge in [-0.15, -0.1) is 0 Å². The second kappa shape index (κ2) is 11.8. The van der Waals surface area contributed by atoms with Crippen molar-refractivity contribution in [3.63, 3.8) is 0 Å². The molecule has 2 rings (SSSR count). The summed E-state index contributed by atoms with van der Waals surface area (Å²) in [5, 5.41) is 5.43. The third-order valence-corrected chi connectivity index (χ3v) is 6.38. The number of sulfonamides is 1. The molecule has 2 aromatic carbocycles. The lowest BCUT2D eigenvalue weighted by Crippen LogP contribution is -2.24. The van der Waals surface area contributed by atoms with E-state index in [9.17, 15) is 18.0 Å². The maximum absolute atomic E-state index is 12.7. The number of carbonyl (C=O) groups is 2. The summed E-state index contributed by atoms with van der Waals surface area (Å²) in [7, 11) is -2.22. The van der Waals surface area contributed by atoms with E-state index in [4.69, 9.17) is 16.3 Å². The number of ether oxygens (including phenoxy) is 1. The highest BCUT2D eigenvalue weighted by Crippen LogP contribution is 2.31. The number of amides is 2. The summed E-state index contributed by atoms with van der Waals surface area (Å²) in [5.74, 6) is -0.582. The first-order valence-electron chi connectivity index (χ1n) is 10.2. The zero-order chi connectivity index (χ0) is 23.7. The number of unbranched alkanes of at least 4 members (excludes halogenated alkanes) is 3. The minimum absolute atomic E-state index is 0.117. The largest absolute Gasteiger partial charge is 0.496 e. The second-order valence-electron chi connectivity index (χ2n) is 7.15. The summed E-state index contributed by atoms with van der Waals surface area (Å²) in [6.45, 7) is 3.82. The minimum atomic E-state index is -3.61. The van der Waals surface area contributed by atoms with E-state index < -0.39 is 15.9 Å². The summed E-state index contributed by atoms with van der Waals surface area (Å²) in [5.41, 5.74) is 0.891.